The molecule has 4 aromatic rings. The van der Waals surface area contributed by atoms with Gasteiger partial charge in [0, 0.05) is 55.7 Å². The van der Waals surface area contributed by atoms with Crippen molar-refractivity contribution in [1.29, 1.82) is 0 Å². The standard InChI is InChI=1S/C30H36N6O.2ClH/c1-21-8-5-10-28(22(21)2)35-18-16-34(17-19-35)15-7-14-32-30(37)29-23(3)36(24(4)33-29)26-11-12-27-25(20-26)9-6-13-31-27;;/h5-6,8-13,20H,7,14-19H2,1-4H3,(H,32,37);2*1H. The molecule has 9 heteroatoms. The van der Waals surface area contributed by atoms with E-state index in [9.17, 15) is 4.79 Å². The van der Waals surface area contributed by atoms with Gasteiger partial charge in [0.15, 0.2) is 0 Å². The molecule has 0 radical (unpaired) electrons. The van der Waals surface area contributed by atoms with E-state index in [1.165, 1.54) is 16.8 Å². The van der Waals surface area contributed by atoms with E-state index in [0.717, 1.165) is 67.3 Å². The highest BCUT2D eigenvalue weighted by atomic mass is 35.5. The highest BCUT2D eigenvalue weighted by molar-refractivity contribution is 5.93. The molecule has 0 unspecified atom stereocenters. The quantitative estimate of drug-likeness (QED) is 0.301. The number of nitrogens with zero attached hydrogens (tertiary/aromatic N) is 5. The summed E-state index contributed by atoms with van der Waals surface area (Å²) in [6.45, 7) is 14.1. The van der Waals surface area contributed by atoms with Crippen LogP contribution < -0.4 is 10.2 Å². The second kappa shape index (κ2) is 13.3. The van der Waals surface area contributed by atoms with Crippen LogP contribution in [-0.2, 0) is 0 Å². The second-order valence-corrected chi connectivity index (χ2v) is 9.97. The third-order valence-electron chi connectivity index (χ3n) is 7.56. The minimum Gasteiger partial charge on any atom is -0.369 e. The van der Waals surface area contributed by atoms with Crippen molar-refractivity contribution >= 4 is 47.3 Å². The van der Waals surface area contributed by atoms with Crippen molar-refractivity contribution in [1.82, 2.24) is 24.8 Å². The number of carbonyl (C=O) groups excluding carboxylic acids is 1. The summed E-state index contributed by atoms with van der Waals surface area (Å²) in [5, 5.41) is 4.15. The molecular weight excluding hydrogens is 531 g/mol. The molecule has 5 rings (SSSR count). The number of imidazole rings is 1. The van der Waals surface area contributed by atoms with Crippen LogP contribution in [0.15, 0.2) is 54.7 Å². The monoisotopic (exact) mass is 568 g/mol. The lowest BCUT2D eigenvalue weighted by Crippen LogP contribution is -2.47. The van der Waals surface area contributed by atoms with E-state index in [-0.39, 0.29) is 30.7 Å². The summed E-state index contributed by atoms with van der Waals surface area (Å²) in [7, 11) is 0. The molecule has 0 bridgehead atoms. The molecule has 39 heavy (non-hydrogen) atoms. The minimum atomic E-state index is -0.110. The molecule has 1 fully saturated rings. The predicted octanol–water partition coefficient (Wildman–Crippen LogP) is 5.44. The van der Waals surface area contributed by atoms with Crippen molar-refractivity contribution in [2.24, 2.45) is 0 Å². The minimum absolute atomic E-state index is 0. The van der Waals surface area contributed by atoms with E-state index < -0.39 is 0 Å². The van der Waals surface area contributed by atoms with E-state index in [1.807, 2.05) is 42.7 Å². The van der Waals surface area contributed by atoms with E-state index >= 15 is 0 Å². The highest BCUT2D eigenvalue weighted by Crippen LogP contribution is 2.24. The van der Waals surface area contributed by atoms with E-state index in [0.29, 0.717) is 12.2 Å². The number of aryl methyl sites for hydroxylation is 2. The topological polar surface area (TPSA) is 66.3 Å². The fourth-order valence-corrected chi connectivity index (χ4v) is 5.32. The average Bonchev–Trinajstić information content (AvgIpc) is 3.22. The molecule has 208 valence electrons. The van der Waals surface area contributed by atoms with Gasteiger partial charge in [0.1, 0.15) is 11.5 Å². The molecular formula is C30H38Cl2N6O. The molecule has 1 saturated heterocycles. The number of hydrogen-bond acceptors (Lipinski definition) is 5. The Labute approximate surface area is 243 Å². The molecule has 1 N–H and O–H groups in total. The third kappa shape index (κ3) is 6.55. The lowest BCUT2D eigenvalue weighted by molar-refractivity contribution is 0.0946. The van der Waals surface area contributed by atoms with Gasteiger partial charge in [0.25, 0.3) is 5.91 Å². The Balaban J connectivity index is 0.00000210. The Morgan fingerprint density at radius 2 is 1.72 bits per heavy atom. The zero-order valence-electron chi connectivity index (χ0n) is 23.1. The number of amides is 1. The Hall–Kier alpha value is -3.13. The van der Waals surface area contributed by atoms with Gasteiger partial charge >= 0.3 is 0 Å². The Morgan fingerprint density at radius 1 is 0.949 bits per heavy atom. The van der Waals surface area contributed by atoms with Gasteiger partial charge in [-0.15, -0.1) is 24.8 Å². The van der Waals surface area contributed by atoms with Crippen LogP contribution in [-0.4, -0.2) is 64.6 Å². The first kappa shape index (κ1) is 30.4. The number of piperazine rings is 1. The van der Waals surface area contributed by atoms with E-state index in [1.54, 1.807) is 6.20 Å². The van der Waals surface area contributed by atoms with Crippen LogP contribution in [0, 0.1) is 27.7 Å². The van der Waals surface area contributed by atoms with Crippen molar-refractivity contribution in [3.05, 3.63) is 83.1 Å². The number of anilines is 1. The van der Waals surface area contributed by atoms with Crippen LogP contribution in [0.1, 0.15) is 39.6 Å². The van der Waals surface area contributed by atoms with Crippen molar-refractivity contribution in [3.63, 3.8) is 0 Å². The first-order valence-corrected chi connectivity index (χ1v) is 13.1. The first-order chi connectivity index (χ1) is 17.9. The molecule has 1 aliphatic rings. The zero-order chi connectivity index (χ0) is 25.9. The van der Waals surface area contributed by atoms with Crippen LogP contribution in [0.5, 0.6) is 0 Å². The molecule has 2 aromatic heterocycles. The third-order valence-corrected chi connectivity index (χ3v) is 7.56. The van der Waals surface area contributed by atoms with Gasteiger partial charge in [-0.3, -0.25) is 14.7 Å². The fraction of sp³-hybridized carbons (Fsp3) is 0.367. The fourth-order valence-electron chi connectivity index (χ4n) is 5.32. The lowest BCUT2D eigenvalue weighted by Gasteiger charge is -2.37. The molecule has 0 aliphatic carbocycles. The van der Waals surface area contributed by atoms with Crippen LogP contribution >= 0.6 is 24.8 Å². The van der Waals surface area contributed by atoms with Crippen molar-refractivity contribution in [2.45, 2.75) is 34.1 Å². The number of carbonyl (C=O) groups is 1. The van der Waals surface area contributed by atoms with Crippen LogP contribution in [0.3, 0.4) is 0 Å². The smallest absolute Gasteiger partial charge is 0.271 e. The molecule has 0 atom stereocenters. The van der Waals surface area contributed by atoms with Gasteiger partial charge in [0.05, 0.1) is 11.2 Å². The van der Waals surface area contributed by atoms with Gasteiger partial charge in [0.2, 0.25) is 0 Å². The normalized spacial score (nSPS) is 13.6. The number of pyridine rings is 1. The first-order valence-electron chi connectivity index (χ1n) is 13.1. The maximum absolute atomic E-state index is 13.0. The Bertz CT molecular complexity index is 1430. The average molecular weight is 570 g/mol. The summed E-state index contributed by atoms with van der Waals surface area (Å²) in [4.78, 5) is 27.0. The van der Waals surface area contributed by atoms with Crippen molar-refractivity contribution in [2.75, 3.05) is 44.2 Å². The van der Waals surface area contributed by atoms with Crippen LogP contribution in [0.25, 0.3) is 16.6 Å². The summed E-state index contributed by atoms with van der Waals surface area (Å²) in [6, 6.07) is 16.7. The molecule has 0 spiro atoms. The summed E-state index contributed by atoms with van der Waals surface area (Å²) < 4.78 is 2.04. The SMILES string of the molecule is Cc1cccc(N2CCN(CCCNC(=O)c3nc(C)n(-c4ccc5ncccc5c4)c3C)CC2)c1C.Cl.Cl. The highest BCUT2D eigenvalue weighted by Gasteiger charge is 2.20. The Morgan fingerprint density at radius 3 is 2.49 bits per heavy atom. The van der Waals surface area contributed by atoms with E-state index in [4.69, 9.17) is 0 Å². The number of halogens is 2. The number of aromatic nitrogens is 3. The molecule has 7 nitrogen and oxygen atoms in total. The van der Waals surface area contributed by atoms with Gasteiger partial charge in [-0.1, -0.05) is 18.2 Å². The van der Waals surface area contributed by atoms with Gasteiger partial charge in [-0.25, -0.2) is 4.98 Å². The second-order valence-electron chi connectivity index (χ2n) is 9.97. The van der Waals surface area contributed by atoms with Gasteiger partial charge < -0.3 is 14.8 Å². The largest absolute Gasteiger partial charge is 0.369 e. The lowest BCUT2D eigenvalue weighted by atomic mass is 10.1. The molecule has 0 saturated carbocycles. The summed E-state index contributed by atoms with van der Waals surface area (Å²) in [5.41, 5.74) is 7.36. The van der Waals surface area contributed by atoms with Gasteiger partial charge in [-0.05, 0) is 82.1 Å². The predicted molar refractivity (Wildman–Crippen MR) is 164 cm³/mol. The molecule has 3 heterocycles. The molecule has 2 aromatic carbocycles. The van der Waals surface area contributed by atoms with E-state index in [2.05, 4.69) is 63.2 Å². The number of fused-ring (bicyclic) bond motifs is 1. The zero-order valence-corrected chi connectivity index (χ0v) is 24.7. The summed E-state index contributed by atoms with van der Waals surface area (Å²) >= 11 is 0. The van der Waals surface area contributed by atoms with Crippen molar-refractivity contribution in [3.8, 4) is 5.69 Å². The Kier molecular flexibility index (Phi) is 10.4. The number of hydrogen-bond donors (Lipinski definition) is 1. The maximum atomic E-state index is 13.0. The number of benzene rings is 2. The number of nitrogens with one attached hydrogen (secondary N) is 1. The van der Waals surface area contributed by atoms with Crippen LogP contribution in [0.2, 0.25) is 0 Å². The summed E-state index contributed by atoms with van der Waals surface area (Å²) in [6.07, 6.45) is 2.72. The summed E-state index contributed by atoms with van der Waals surface area (Å²) in [5.74, 6) is 0.689. The molecule has 1 amide bonds. The number of rotatable bonds is 7. The van der Waals surface area contributed by atoms with Crippen LogP contribution in [0.4, 0.5) is 5.69 Å². The maximum Gasteiger partial charge on any atom is 0.271 e. The molecule has 1 aliphatic heterocycles. The van der Waals surface area contributed by atoms with Gasteiger partial charge in [-0.2, -0.15) is 0 Å². The van der Waals surface area contributed by atoms with Crippen molar-refractivity contribution < 1.29 is 4.79 Å².